The number of H-pyrrole nitrogens is 1. The van der Waals surface area contributed by atoms with Gasteiger partial charge in [0.05, 0.1) is 22.2 Å². The molecule has 0 aliphatic heterocycles. The maximum atomic E-state index is 10.9. The third-order valence-corrected chi connectivity index (χ3v) is 8.18. The molecule has 3 aromatic heterocycles. The standard InChI is InChI=1S/C37H34N4O/c1-22(2)41-31-15-9-14-27(30-21-28(23-11-7-6-8-12-23)26-13-10-16-32(42)35(26)39-30)34(31)40-36(41)29-20-25(37(3,4)5)19-24-17-18-38-33(24)29/h6-22,38,42H,1-5H3. The van der Waals surface area contributed by atoms with E-state index in [-0.39, 0.29) is 17.2 Å². The van der Waals surface area contributed by atoms with Crippen molar-refractivity contribution in [1.29, 1.82) is 0 Å². The Balaban J connectivity index is 1.53. The monoisotopic (exact) mass is 550 g/mol. The van der Waals surface area contributed by atoms with Gasteiger partial charge in [-0.15, -0.1) is 0 Å². The third-order valence-electron chi connectivity index (χ3n) is 8.18. The first-order valence-corrected chi connectivity index (χ1v) is 14.5. The molecule has 0 spiro atoms. The summed E-state index contributed by atoms with van der Waals surface area (Å²) in [6.45, 7) is 11.2. The molecule has 0 bridgehead atoms. The van der Waals surface area contributed by atoms with E-state index in [0.29, 0.717) is 5.52 Å². The molecule has 0 saturated carbocycles. The van der Waals surface area contributed by atoms with Gasteiger partial charge in [0, 0.05) is 34.1 Å². The highest BCUT2D eigenvalue weighted by molar-refractivity contribution is 6.03. The van der Waals surface area contributed by atoms with Gasteiger partial charge in [-0.25, -0.2) is 9.97 Å². The normalized spacial score (nSPS) is 12.2. The average molecular weight is 551 g/mol. The van der Waals surface area contributed by atoms with Crippen molar-refractivity contribution in [3.05, 3.63) is 103 Å². The van der Waals surface area contributed by atoms with Gasteiger partial charge in [-0.05, 0) is 72.4 Å². The first kappa shape index (κ1) is 26.0. The third kappa shape index (κ3) is 4.16. The van der Waals surface area contributed by atoms with E-state index < -0.39 is 0 Å². The smallest absolute Gasteiger partial charge is 0.143 e. The number of imidazole rings is 1. The van der Waals surface area contributed by atoms with E-state index in [9.17, 15) is 5.11 Å². The number of benzene rings is 4. The number of aromatic hydroxyl groups is 1. The lowest BCUT2D eigenvalue weighted by Crippen LogP contribution is -2.11. The molecule has 0 radical (unpaired) electrons. The molecule has 5 nitrogen and oxygen atoms in total. The zero-order chi connectivity index (χ0) is 29.2. The van der Waals surface area contributed by atoms with Crippen LogP contribution in [-0.4, -0.2) is 24.6 Å². The van der Waals surface area contributed by atoms with Crippen molar-refractivity contribution >= 4 is 32.8 Å². The molecular formula is C37H34N4O. The SMILES string of the molecule is CC(C)n1c(-c2cc(C(C)(C)C)cc3cc[nH]c23)nc2c(-c3cc(-c4ccccc4)c4cccc(O)c4n3)cccc21. The molecule has 42 heavy (non-hydrogen) atoms. The Kier molecular flexibility index (Phi) is 5.94. The molecule has 0 atom stereocenters. The van der Waals surface area contributed by atoms with E-state index in [2.05, 4.69) is 98.8 Å². The Morgan fingerprint density at radius 3 is 2.31 bits per heavy atom. The van der Waals surface area contributed by atoms with Crippen LogP contribution < -0.4 is 0 Å². The van der Waals surface area contributed by atoms with Crippen LogP contribution in [-0.2, 0) is 5.41 Å². The zero-order valence-corrected chi connectivity index (χ0v) is 24.6. The van der Waals surface area contributed by atoms with Crippen LogP contribution in [0.5, 0.6) is 5.75 Å². The number of aromatic amines is 1. The lowest BCUT2D eigenvalue weighted by atomic mass is 9.85. The van der Waals surface area contributed by atoms with E-state index in [1.807, 2.05) is 36.5 Å². The summed E-state index contributed by atoms with van der Waals surface area (Å²) in [4.78, 5) is 13.9. The number of hydrogen-bond acceptors (Lipinski definition) is 3. The van der Waals surface area contributed by atoms with Gasteiger partial charge in [-0.3, -0.25) is 0 Å². The lowest BCUT2D eigenvalue weighted by Gasteiger charge is -2.21. The summed E-state index contributed by atoms with van der Waals surface area (Å²) in [7, 11) is 0. The maximum absolute atomic E-state index is 10.9. The molecule has 0 aliphatic carbocycles. The van der Waals surface area contributed by atoms with Crippen LogP contribution >= 0.6 is 0 Å². The van der Waals surface area contributed by atoms with Crippen LogP contribution in [0.1, 0.15) is 46.2 Å². The van der Waals surface area contributed by atoms with Gasteiger partial charge in [0.1, 0.15) is 17.1 Å². The first-order chi connectivity index (χ1) is 20.2. The van der Waals surface area contributed by atoms with E-state index in [1.54, 1.807) is 6.07 Å². The predicted molar refractivity (Wildman–Crippen MR) is 174 cm³/mol. The summed E-state index contributed by atoms with van der Waals surface area (Å²) < 4.78 is 2.33. The Bertz CT molecular complexity index is 2110. The molecule has 4 aromatic carbocycles. The second-order valence-electron chi connectivity index (χ2n) is 12.4. The van der Waals surface area contributed by atoms with Crippen LogP contribution in [0.15, 0.2) is 97.2 Å². The largest absolute Gasteiger partial charge is 0.506 e. The van der Waals surface area contributed by atoms with Gasteiger partial charge >= 0.3 is 0 Å². The molecule has 0 aliphatic rings. The van der Waals surface area contributed by atoms with Crippen molar-refractivity contribution in [3.8, 4) is 39.5 Å². The van der Waals surface area contributed by atoms with Crippen molar-refractivity contribution in [2.45, 2.75) is 46.1 Å². The summed E-state index contributed by atoms with van der Waals surface area (Å²) >= 11 is 0. The number of phenolic OH excluding ortho intramolecular Hbond substituents is 1. The van der Waals surface area contributed by atoms with E-state index in [0.717, 1.165) is 55.7 Å². The summed E-state index contributed by atoms with van der Waals surface area (Å²) in [6, 6.07) is 31.2. The summed E-state index contributed by atoms with van der Waals surface area (Å²) in [6.07, 6.45) is 2.00. The predicted octanol–water partition coefficient (Wildman–Crippen LogP) is 9.65. The van der Waals surface area contributed by atoms with E-state index >= 15 is 0 Å². The fourth-order valence-corrected chi connectivity index (χ4v) is 6.05. The van der Waals surface area contributed by atoms with Gasteiger partial charge in [0.2, 0.25) is 0 Å². The highest BCUT2D eigenvalue weighted by Gasteiger charge is 2.24. The first-order valence-electron chi connectivity index (χ1n) is 14.5. The van der Waals surface area contributed by atoms with Gasteiger partial charge in [0.25, 0.3) is 0 Å². The van der Waals surface area contributed by atoms with Gasteiger partial charge in [0.15, 0.2) is 0 Å². The van der Waals surface area contributed by atoms with Crippen LogP contribution in [0, 0.1) is 0 Å². The highest BCUT2D eigenvalue weighted by atomic mass is 16.3. The number of rotatable bonds is 4. The molecule has 5 heteroatoms. The summed E-state index contributed by atoms with van der Waals surface area (Å²) in [5, 5.41) is 13.0. The fourth-order valence-electron chi connectivity index (χ4n) is 6.05. The Morgan fingerprint density at radius 2 is 1.55 bits per heavy atom. The minimum absolute atomic E-state index is 0.00903. The van der Waals surface area contributed by atoms with Gasteiger partial charge in [-0.1, -0.05) is 75.4 Å². The number of phenols is 1. The number of nitrogens with zero attached hydrogens (tertiary/aromatic N) is 3. The van der Waals surface area contributed by atoms with Gasteiger partial charge < -0.3 is 14.7 Å². The molecule has 0 amide bonds. The van der Waals surface area contributed by atoms with Crippen molar-refractivity contribution in [2.75, 3.05) is 0 Å². The van der Waals surface area contributed by atoms with Crippen LogP contribution in [0.3, 0.4) is 0 Å². The fraction of sp³-hybridized carbons (Fsp3) is 0.189. The Labute approximate surface area is 245 Å². The zero-order valence-electron chi connectivity index (χ0n) is 24.6. The number of para-hydroxylation sites is 2. The minimum Gasteiger partial charge on any atom is -0.506 e. The number of pyridine rings is 1. The molecule has 7 aromatic rings. The van der Waals surface area contributed by atoms with E-state index in [1.165, 1.54) is 10.9 Å². The Hall–Kier alpha value is -4.90. The topological polar surface area (TPSA) is 66.7 Å². The molecule has 7 rings (SSSR count). The quantitative estimate of drug-likeness (QED) is 0.229. The second kappa shape index (κ2) is 9.59. The van der Waals surface area contributed by atoms with Crippen LogP contribution in [0.2, 0.25) is 0 Å². The summed E-state index contributed by atoms with van der Waals surface area (Å²) in [5.41, 5.74) is 9.78. The molecular weight excluding hydrogens is 516 g/mol. The van der Waals surface area contributed by atoms with Crippen LogP contribution in [0.4, 0.5) is 0 Å². The highest BCUT2D eigenvalue weighted by Crippen LogP contribution is 2.40. The number of hydrogen-bond donors (Lipinski definition) is 2. The minimum atomic E-state index is -0.00903. The molecule has 208 valence electrons. The number of fused-ring (bicyclic) bond motifs is 3. The van der Waals surface area contributed by atoms with Crippen molar-refractivity contribution in [3.63, 3.8) is 0 Å². The second-order valence-corrected chi connectivity index (χ2v) is 12.4. The van der Waals surface area contributed by atoms with E-state index in [4.69, 9.17) is 9.97 Å². The van der Waals surface area contributed by atoms with Crippen LogP contribution in [0.25, 0.3) is 66.6 Å². The molecule has 0 unspecified atom stereocenters. The van der Waals surface area contributed by atoms with Crippen molar-refractivity contribution in [1.82, 2.24) is 19.5 Å². The number of aromatic nitrogens is 4. The molecule has 3 heterocycles. The molecule has 2 N–H and O–H groups in total. The maximum Gasteiger partial charge on any atom is 0.143 e. The molecule has 0 fully saturated rings. The Morgan fingerprint density at radius 1 is 0.762 bits per heavy atom. The average Bonchev–Trinajstić information content (AvgIpc) is 3.61. The number of nitrogens with one attached hydrogen (secondary N) is 1. The van der Waals surface area contributed by atoms with Crippen molar-refractivity contribution < 1.29 is 5.11 Å². The summed E-state index contributed by atoms with van der Waals surface area (Å²) in [5.74, 6) is 1.10. The lowest BCUT2D eigenvalue weighted by molar-refractivity contribution is 0.480. The molecule has 0 saturated heterocycles. The van der Waals surface area contributed by atoms with Crippen molar-refractivity contribution in [2.24, 2.45) is 0 Å². The van der Waals surface area contributed by atoms with Gasteiger partial charge in [-0.2, -0.15) is 0 Å².